The average molecular weight is 370 g/mol. The van der Waals surface area contributed by atoms with Crippen LogP contribution >= 0.6 is 0 Å². The summed E-state index contributed by atoms with van der Waals surface area (Å²) in [5.74, 6) is 2.42. The number of rotatable bonds is 13. The maximum absolute atomic E-state index is 5.82. The second-order valence-corrected chi connectivity index (χ2v) is 7.49. The van der Waals surface area contributed by atoms with Crippen molar-refractivity contribution < 1.29 is 9.47 Å². The van der Waals surface area contributed by atoms with E-state index in [0.29, 0.717) is 5.92 Å². The normalized spacial score (nSPS) is 10.8. The van der Waals surface area contributed by atoms with Crippen LogP contribution < -0.4 is 14.8 Å². The Kier molecular flexibility index (Phi) is 9.61. The number of nitrogens with one attached hydrogen (secondary N) is 1. The Labute approximate surface area is 165 Å². The molecule has 0 aliphatic rings. The van der Waals surface area contributed by atoms with Gasteiger partial charge >= 0.3 is 0 Å². The Hall–Kier alpha value is -2.16. The molecule has 3 nitrogen and oxygen atoms in total. The second-order valence-electron chi connectivity index (χ2n) is 7.49. The molecule has 0 aromatic heterocycles. The minimum Gasteiger partial charge on any atom is -0.494 e. The Morgan fingerprint density at radius 1 is 0.778 bits per heavy atom. The van der Waals surface area contributed by atoms with Gasteiger partial charge in [-0.25, -0.2) is 0 Å². The Morgan fingerprint density at radius 3 is 2.07 bits per heavy atom. The largest absolute Gasteiger partial charge is 0.494 e. The van der Waals surface area contributed by atoms with Crippen LogP contribution in [0.5, 0.6) is 11.5 Å². The molecule has 3 heteroatoms. The van der Waals surface area contributed by atoms with Gasteiger partial charge in [-0.1, -0.05) is 58.6 Å². The first-order valence-corrected chi connectivity index (χ1v) is 10.4. The molecule has 2 aromatic carbocycles. The maximum Gasteiger partial charge on any atom is 0.119 e. The van der Waals surface area contributed by atoms with Crippen LogP contribution in [0.4, 0.5) is 5.69 Å². The quantitative estimate of drug-likeness (QED) is 0.399. The zero-order chi connectivity index (χ0) is 19.3. The minimum atomic E-state index is 0.541. The van der Waals surface area contributed by atoms with E-state index in [0.717, 1.165) is 43.4 Å². The van der Waals surface area contributed by atoms with Gasteiger partial charge in [0.2, 0.25) is 0 Å². The summed E-state index contributed by atoms with van der Waals surface area (Å²) in [6, 6.07) is 16.5. The predicted molar refractivity (Wildman–Crippen MR) is 115 cm³/mol. The number of hydrogen-bond acceptors (Lipinski definition) is 3. The number of benzene rings is 2. The fourth-order valence-electron chi connectivity index (χ4n) is 2.74. The second kappa shape index (κ2) is 12.3. The molecular formula is C24H35NO2. The highest BCUT2D eigenvalue weighted by Gasteiger charge is 2.00. The van der Waals surface area contributed by atoms with Crippen molar-refractivity contribution >= 4 is 5.69 Å². The SMILES string of the molecule is CCCCCCCOc1ccc(NCc2ccc(OCC(C)C)cc2)cc1. The van der Waals surface area contributed by atoms with Gasteiger partial charge in [0.05, 0.1) is 13.2 Å². The summed E-state index contributed by atoms with van der Waals surface area (Å²) < 4.78 is 11.5. The van der Waals surface area contributed by atoms with Crippen molar-refractivity contribution in [3.8, 4) is 11.5 Å². The molecule has 1 N–H and O–H groups in total. The predicted octanol–water partition coefficient (Wildman–Crippen LogP) is 6.68. The minimum absolute atomic E-state index is 0.541. The van der Waals surface area contributed by atoms with E-state index >= 15 is 0 Å². The van der Waals surface area contributed by atoms with Gasteiger partial charge < -0.3 is 14.8 Å². The molecule has 2 rings (SSSR count). The first kappa shape index (κ1) is 21.1. The van der Waals surface area contributed by atoms with Gasteiger partial charge in [-0.05, 0) is 54.3 Å². The molecule has 0 aliphatic heterocycles. The number of anilines is 1. The zero-order valence-electron chi connectivity index (χ0n) is 17.2. The molecule has 0 heterocycles. The van der Waals surface area contributed by atoms with E-state index < -0.39 is 0 Å². The van der Waals surface area contributed by atoms with E-state index in [1.54, 1.807) is 0 Å². The van der Waals surface area contributed by atoms with Gasteiger partial charge in [0.25, 0.3) is 0 Å². The molecule has 2 aromatic rings. The molecule has 0 aliphatic carbocycles. The van der Waals surface area contributed by atoms with Crippen LogP contribution in [0.2, 0.25) is 0 Å². The zero-order valence-corrected chi connectivity index (χ0v) is 17.2. The van der Waals surface area contributed by atoms with Crippen molar-refractivity contribution in [2.45, 2.75) is 59.4 Å². The number of unbranched alkanes of at least 4 members (excludes halogenated alkanes) is 4. The van der Waals surface area contributed by atoms with Gasteiger partial charge in [-0.2, -0.15) is 0 Å². The molecule has 148 valence electrons. The molecule has 0 saturated heterocycles. The van der Waals surface area contributed by atoms with Crippen LogP contribution in [0.3, 0.4) is 0 Å². The summed E-state index contributed by atoms with van der Waals surface area (Å²) in [4.78, 5) is 0. The summed E-state index contributed by atoms with van der Waals surface area (Å²) >= 11 is 0. The molecule has 27 heavy (non-hydrogen) atoms. The number of ether oxygens (including phenoxy) is 2. The Morgan fingerprint density at radius 2 is 1.41 bits per heavy atom. The lowest BCUT2D eigenvalue weighted by Crippen LogP contribution is -2.04. The van der Waals surface area contributed by atoms with E-state index in [4.69, 9.17) is 9.47 Å². The molecule has 0 radical (unpaired) electrons. The first-order chi connectivity index (χ1) is 13.2. The Bertz CT molecular complexity index is 620. The molecule has 0 amide bonds. The van der Waals surface area contributed by atoms with Gasteiger partial charge in [0.15, 0.2) is 0 Å². The third-order valence-electron chi connectivity index (χ3n) is 4.37. The fraction of sp³-hybridized carbons (Fsp3) is 0.500. The first-order valence-electron chi connectivity index (χ1n) is 10.4. The van der Waals surface area contributed by atoms with Crippen molar-refractivity contribution in [3.63, 3.8) is 0 Å². The van der Waals surface area contributed by atoms with Gasteiger partial charge in [0.1, 0.15) is 11.5 Å². The molecule has 0 fully saturated rings. The van der Waals surface area contributed by atoms with E-state index in [2.05, 4.69) is 50.4 Å². The van der Waals surface area contributed by atoms with Gasteiger partial charge in [0, 0.05) is 12.2 Å². The van der Waals surface area contributed by atoms with Crippen molar-refractivity contribution in [2.24, 2.45) is 5.92 Å². The van der Waals surface area contributed by atoms with E-state index in [1.807, 2.05) is 24.3 Å². The van der Waals surface area contributed by atoms with Crippen LogP contribution in [0, 0.1) is 5.92 Å². The summed E-state index contributed by atoms with van der Waals surface area (Å²) in [5, 5.41) is 3.45. The lowest BCUT2D eigenvalue weighted by atomic mass is 10.2. The van der Waals surface area contributed by atoms with Crippen LogP contribution in [0.15, 0.2) is 48.5 Å². The smallest absolute Gasteiger partial charge is 0.119 e. The van der Waals surface area contributed by atoms with Crippen molar-refractivity contribution in [1.82, 2.24) is 0 Å². The molecule has 0 saturated carbocycles. The highest BCUT2D eigenvalue weighted by Crippen LogP contribution is 2.18. The van der Waals surface area contributed by atoms with Crippen LogP contribution in [-0.2, 0) is 6.54 Å². The highest BCUT2D eigenvalue weighted by molar-refractivity contribution is 5.47. The summed E-state index contributed by atoms with van der Waals surface area (Å²) in [6.07, 6.45) is 6.32. The van der Waals surface area contributed by atoms with E-state index in [1.165, 1.54) is 31.2 Å². The maximum atomic E-state index is 5.82. The lowest BCUT2D eigenvalue weighted by Gasteiger charge is -2.11. The van der Waals surface area contributed by atoms with Crippen molar-refractivity contribution in [1.29, 1.82) is 0 Å². The molecule has 0 spiro atoms. The van der Waals surface area contributed by atoms with Crippen LogP contribution in [0.1, 0.15) is 58.4 Å². The molecule has 0 unspecified atom stereocenters. The standard InChI is InChI=1S/C24H35NO2/c1-4-5-6-7-8-17-26-23-15-11-22(12-16-23)25-18-21-9-13-24(14-10-21)27-19-20(2)3/h9-16,20,25H,4-8,17-19H2,1-3H3. The molecule has 0 bridgehead atoms. The number of hydrogen-bond donors (Lipinski definition) is 1. The topological polar surface area (TPSA) is 30.5 Å². The van der Waals surface area contributed by atoms with E-state index in [9.17, 15) is 0 Å². The average Bonchev–Trinajstić information content (AvgIpc) is 2.69. The molecule has 0 atom stereocenters. The Balaban J connectivity index is 1.68. The van der Waals surface area contributed by atoms with Crippen LogP contribution in [0.25, 0.3) is 0 Å². The summed E-state index contributed by atoms with van der Waals surface area (Å²) in [5.41, 5.74) is 2.34. The monoisotopic (exact) mass is 369 g/mol. The third kappa shape index (κ3) is 8.85. The summed E-state index contributed by atoms with van der Waals surface area (Å²) in [6.45, 7) is 8.91. The van der Waals surface area contributed by atoms with Gasteiger partial charge in [-0.15, -0.1) is 0 Å². The van der Waals surface area contributed by atoms with Crippen LogP contribution in [-0.4, -0.2) is 13.2 Å². The highest BCUT2D eigenvalue weighted by atomic mass is 16.5. The van der Waals surface area contributed by atoms with Crippen molar-refractivity contribution in [2.75, 3.05) is 18.5 Å². The lowest BCUT2D eigenvalue weighted by molar-refractivity contribution is 0.271. The van der Waals surface area contributed by atoms with E-state index in [-0.39, 0.29) is 0 Å². The van der Waals surface area contributed by atoms with Gasteiger partial charge in [-0.3, -0.25) is 0 Å². The molecular weight excluding hydrogens is 334 g/mol. The summed E-state index contributed by atoms with van der Waals surface area (Å²) in [7, 11) is 0. The third-order valence-corrected chi connectivity index (χ3v) is 4.37. The van der Waals surface area contributed by atoms with Crippen molar-refractivity contribution in [3.05, 3.63) is 54.1 Å². The fourth-order valence-corrected chi connectivity index (χ4v) is 2.74.